The third-order valence-corrected chi connectivity index (χ3v) is 3.58. The Morgan fingerprint density at radius 1 is 1.13 bits per heavy atom. The van der Waals surface area contributed by atoms with Crippen molar-refractivity contribution in [2.45, 2.75) is 13.0 Å². The number of non-ortho nitro benzene ring substituents is 1. The highest BCUT2D eigenvalue weighted by molar-refractivity contribution is 5.99. The van der Waals surface area contributed by atoms with Gasteiger partial charge in [-0.25, -0.2) is 0 Å². The molecular weight excluding hydrogens is 294 g/mol. The lowest BCUT2D eigenvalue weighted by molar-refractivity contribution is -0.384. The Hall–Kier alpha value is -2.89. The van der Waals surface area contributed by atoms with Crippen LogP contribution in [0.5, 0.6) is 5.75 Å². The fraction of sp³-hybridized carbons (Fsp3) is 0.235. The maximum absolute atomic E-state index is 10.6. The largest absolute Gasteiger partial charge is 0.489 e. The van der Waals surface area contributed by atoms with Crippen LogP contribution in [0.4, 0.5) is 5.69 Å². The molecule has 23 heavy (non-hydrogen) atoms. The summed E-state index contributed by atoms with van der Waals surface area (Å²) in [5.41, 5.74) is 2.02. The second-order valence-electron chi connectivity index (χ2n) is 5.25. The number of ether oxygens (including phenoxy) is 1. The van der Waals surface area contributed by atoms with Crippen LogP contribution in [-0.4, -0.2) is 23.8 Å². The average molecular weight is 311 g/mol. The zero-order valence-corrected chi connectivity index (χ0v) is 12.6. The summed E-state index contributed by atoms with van der Waals surface area (Å²) in [5.74, 6) is 1.68. The van der Waals surface area contributed by atoms with Crippen LogP contribution in [0.2, 0.25) is 0 Å². The van der Waals surface area contributed by atoms with E-state index in [1.54, 1.807) is 12.1 Å². The predicted molar refractivity (Wildman–Crippen MR) is 87.9 cm³/mol. The van der Waals surface area contributed by atoms with Gasteiger partial charge in [0, 0.05) is 30.8 Å². The van der Waals surface area contributed by atoms with E-state index in [-0.39, 0.29) is 5.69 Å². The molecule has 6 nitrogen and oxygen atoms in total. The molecule has 2 aromatic carbocycles. The topological polar surface area (TPSA) is 76.8 Å². The maximum Gasteiger partial charge on any atom is 0.269 e. The number of aliphatic imine (C=N–C) groups is 1. The van der Waals surface area contributed by atoms with Gasteiger partial charge in [-0.1, -0.05) is 0 Å². The summed E-state index contributed by atoms with van der Waals surface area (Å²) in [6.45, 7) is 2.19. The highest BCUT2D eigenvalue weighted by Crippen LogP contribution is 2.17. The molecule has 3 rings (SSSR count). The standard InChI is InChI=1S/C17H17N3O3/c21-20(22)15-6-2-13(3-7-15)12-23-16-8-4-14(5-9-16)17-18-10-1-11-19-17/h2-9H,1,10-12H2,(H,18,19). The number of nitrogens with zero attached hydrogens (tertiary/aromatic N) is 2. The van der Waals surface area contributed by atoms with Crippen LogP contribution >= 0.6 is 0 Å². The first-order valence-electron chi connectivity index (χ1n) is 7.47. The van der Waals surface area contributed by atoms with Crippen molar-refractivity contribution in [2.24, 2.45) is 4.99 Å². The normalized spacial score (nSPS) is 13.8. The zero-order chi connectivity index (χ0) is 16.1. The Morgan fingerprint density at radius 2 is 1.87 bits per heavy atom. The second kappa shape index (κ2) is 6.91. The van der Waals surface area contributed by atoms with Gasteiger partial charge in [0.05, 0.1) is 4.92 Å². The molecule has 1 aliphatic heterocycles. The van der Waals surface area contributed by atoms with E-state index in [4.69, 9.17) is 4.74 Å². The van der Waals surface area contributed by atoms with Crippen molar-refractivity contribution in [3.8, 4) is 5.75 Å². The summed E-state index contributed by atoms with van der Waals surface area (Å²) in [5, 5.41) is 13.9. The molecule has 6 heteroatoms. The van der Waals surface area contributed by atoms with Crippen LogP contribution in [0.15, 0.2) is 53.5 Å². The van der Waals surface area contributed by atoms with Gasteiger partial charge in [-0.2, -0.15) is 0 Å². The van der Waals surface area contributed by atoms with Crippen molar-refractivity contribution >= 4 is 11.5 Å². The van der Waals surface area contributed by atoms with E-state index in [0.29, 0.717) is 6.61 Å². The van der Waals surface area contributed by atoms with Crippen molar-refractivity contribution in [1.82, 2.24) is 5.32 Å². The molecule has 0 unspecified atom stereocenters. The molecule has 0 aromatic heterocycles. The third-order valence-electron chi connectivity index (χ3n) is 3.58. The second-order valence-corrected chi connectivity index (χ2v) is 5.25. The third kappa shape index (κ3) is 3.85. The SMILES string of the molecule is O=[N+]([O-])c1ccc(COc2ccc(C3=NCCCN3)cc2)cc1. The van der Waals surface area contributed by atoms with Crippen molar-refractivity contribution in [1.29, 1.82) is 0 Å². The molecule has 1 N–H and O–H groups in total. The molecule has 1 heterocycles. The lowest BCUT2D eigenvalue weighted by Gasteiger charge is -2.15. The van der Waals surface area contributed by atoms with E-state index in [1.165, 1.54) is 12.1 Å². The van der Waals surface area contributed by atoms with Gasteiger partial charge in [0.1, 0.15) is 18.2 Å². The van der Waals surface area contributed by atoms with E-state index in [1.807, 2.05) is 24.3 Å². The Kier molecular flexibility index (Phi) is 4.52. The summed E-state index contributed by atoms with van der Waals surface area (Å²) in [7, 11) is 0. The van der Waals surface area contributed by atoms with Crippen molar-refractivity contribution in [3.63, 3.8) is 0 Å². The summed E-state index contributed by atoms with van der Waals surface area (Å²) in [6, 6.07) is 14.1. The number of nitro benzene ring substituents is 1. The van der Waals surface area contributed by atoms with Crippen LogP contribution in [-0.2, 0) is 6.61 Å². The Morgan fingerprint density at radius 3 is 2.48 bits per heavy atom. The Labute approximate surface area is 134 Å². The average Bonchev–Trinajstić information content (AvgIpc) is 2.61. The molecular formula is C17H17N3O3. The van der Waals surface area contributed by atoms with E-state index in [9.17, 15) is 10.1 Å². The van der Waals surface area contributed by atoms with Crippen LogP contribution < -0.4 is 10.1 Å². The Balaban J connectivity index is 1.60. The highest BCUT2D eigenvalue weighted by atomic mass is 16.6. The highest BCUT2D eigenvalue weighted by Gasteiger charge is 2.07. The molecule has 0 fully saturated rings. The van der Waals surface area contributed by atoms with Crippen LogP contribution in [0.1, 0.15) is 17.5 Å². The number of nitro groups is 1. The number of amidine groups is 1. The monoisotopic (exact) mass is 311 g/mol. The molecule has 0 atom stereocenters. The van der Waals surface area contributed by atoms with Gasteiger partial charge in [-0.15, -0.1) is 0 Å². The van der Waals surface area contributed by atoms with E-state index in [2.05, 4.69) is 10.3 Å². The summed E-state index contributed by atoms with van der Waals surface area (Å²) in [4.78, 5) is 14.7. The number of benzene rings is 2. The summed E-state index contributed by atoms with van der Waals surface area (Å²) in [6.07, 6.45) is 1.07. The predicted octanol–water partition coefficient (Wildman–Crippen LogP) is 2.91. The number of hydrogen-bond donors (Lipinski definition) is 1. The number of rotatable bonds is 5. The fourth-order valence-electron chi connectivity index (χ4n) is 2.32. The first kappa shape index (κ1) is 15.0. The minimum absolute atomic E-state index is 0.0823. The molecule has 0 aliphatic carbocycles. The van der Waals surface area contributed by atoms with Crippen LogP contribution in [0, 0.1) is 10.1 Å². The van der Waals surface area contributed by atoms with Gasteiger partial charge in [-0.05, 0) is 48.4 Å². The Bertz CT molecular complexity index is 709. The van der Waals surface area contributed by atoms with Crippen molar-refractivity contribution in [3.05, 3.63) is 69.8 Å². The molecule has 2 aromatic rings. The molecule has 0 saturated heterocycles. The van der Waals surface area contributed by atoms with E-state index < -0.39 is 4.92 Å². The molecule has 0 radical (unpaired) electrons. The molecule has 0 saturated carbocycles. The molecule has 1 aliphatic rings. The molecule has 0 bridgehead atoms. The fourth-order valence-corrected chi connectivity index (χ4v) is 2.32. The van der Waals surface area contributed by atoms with Crippen LogP contribution in [0.3, 0.4) is 0 Å². The first-order valence-corrected chi connectivity index (χ1v) is 7.47. The van der Waals surface area contributed by atoms with Gasteiger partial charge in [-0.3, -0.25) is 15.1 Å². The smallest absolute Gasteiger partial charge is 0.269 e. The van der Waals surface area contributed by atoms with Gasteiger partial charge < -0.3 is 10.1 Å². The minimum Gasteiger partial charge on any atom is -0.489 e. The van der Waals surface area contributed by atoms with E-state index in [0.717, 1.165) is 42.2 Å². The summed E-state index contributed by atoms with van der Waals surface area (Å²) < 4.78 is 5.70. The number of hydrogen-bond acceptors (Lipinski definition) is 5. The minimum atomic E-state index is -0.411. The lowest BCUT2D eigenvalue weighted by Crippen LogP contribution is -2.30. The van der Waals surface area contributed by atoms with Gasteiger partial charge in [0.15, 0.2) is 0 Å². The quantitative estimate of drug-likeness (QED) is 0.680. The van der Waals surface area contributed by atoms with E-state index >= 15 is 0 Å². The van der Waals surface area contributed by atoms with Gasteiger partial charge >= 0.3 is 0 Å². The summed E-state index contributed by atoms with van der Waals surface area (Å²) >= 11 is 0. The molecule has 118 valence electrons. The van der Waals surface area contributed by atoms with Crippen LogP contribution in [0.25, 0.3) is 0 Å². The number of nitrogens with one attached hydrogen (secondary N) is 1. The first-order chi connectivity index (χ1) is 11.2. The lowest BCUT2D eigenvalue weighted by atomic mass is 10.1. The molecule has 0 spiro atoms. The van der Waals surface area contributed by atoms with Crippen molar-refractivity contribution in [2.75, 3.05) is 13.1 Å². The maximum atomic E-state index is 10.6. The van der Waals surface area contributed by atoms with Gasteiger partial charge in [0.2, 0.25) is 0 Å². The van der Waals surface area contributed by atoms with Gasteiger partial charge in [0.25, 0.3) is 5.69 Å². The molecule has 0 amide bonds. The zero-order valence-electron chi connectivity index (χ0n) is 12.6. The van der Waals surface area contributed by atoms with Crippen molar-refractivity contribution < 1.29 is 9.66 Å².